The second-order valence-corrected chi connectivity index (χ2v) is 10.5. The van der Waals surface area contributed by atoms with E-state index in [1.54, 1.807) is 12.3 Å². The molecule has 0 bridgehead atoms. The van der Waals surface area contributed by atoms with Gasteiger partial charge < -0.3 is 14.7 Å². The second kappa shape index (κ2) is 13.0. The van der Waals surface area contributed by atoms with Crippen LogP contribution < -0.4 is 10.2 Å². The number of carbonyl (C=O) groups is 2. The number of hydrogen-bond acceptors (Lipinski definition) is 6. The molecule has 0 aliphatic carbocycles. The number of hydrazone groups is 1. The first-order chi connectivity index (χ1) is 19.9. The van der Waals surface area contributed by atoms with Crippen molar-refractivity contribution in [2.24, 2.45) is 5.10 Å². The monoisotopic (exact) mass is 590 g/mol. The van der Waals surface area contributed by atoms with Crippen molar-refractivity contribution in [3.8, 4) is 11.5 Å². The van der Waals surface area contributed by atoms with Gasteiger partial charge in [-0.15, -0.1) is 0 Å². The number of nitrogens with zero attached hydrogens (tertiary/aromatic N) is 3. The van der Waals surface area contributed by atoms with E-state index in [-0.39, 0.29) is 28.8 Å². The Labute approximate surface area is 247 Å². The summed E-state index contributed by atoms with van der Waals surface area (Å²) in [7, 11) is 0. The van der Waals surface area contributed by atoms with Gasteiger partial charge in [0.15, 0.2) is 6.61 Å². The number of aromatic hydroxyl groups is 1. The van der Waals surface area contributed by atoms with Crippen molar-refractivity contribution in [3.63, 3.8) is 0 Å². The quantitative estimate of drug-likeness (QED) is 0.213. The first kappa shape index (κ1) is 28.4. The van der Waals surface area contributed by atoms with Crippen LogP contribution in [0.15, 0.2) is 84.0 Å². The number of ether oxygens (including phenoxy) is 1. The average Bonchev–Trinajstić information content (AvgIpc) is 2.99. The van der Waals surface area contributed by atoms with Crippen molar-refractivity contribution in [1.29, 1.82) is 0 Å². The summed E-state index contributed by atoms with van der Waals surface area (Å²) in [4.78, 5) is 29.5. The highest BCUT2D eigenvalue weighted by atomic mass is 35.5. The Morgan fingerprint density at radius 2 is 1.66 bits per heavy atom. The van der Waals surface area contributed by atoms with Crippen LogP contribution in [0.3, 0.4) is 0 Å². The molecule has 0 saturated carbocycles. The van der Waals surface area contributed by atoms with E-state index in [0.29, 0.717) is 18.8 Å². The molecule has 5 rings (SSSR count). The van der Waals surface area contributed by atoms with E-state index in [4.69, 9.17) is 27.9 Å². The van der Waals surface area contributed by atoms with Crippen LogP contribution in [-0.2, 0) is 11.3 Å². The van der Waals surface area contributed by atoms with Gasteiger partial charge in [0, 0.05) is 54.3 Å². The molecule has 1 saturated heterocycles. The van der Waals surface area contributed by atoms with Gasteiger partial charge in [0.05, 0.1) is 11.2 Å². The number of phenols is 1. The zero-order chi connectivity index (χ0) is 28.8. The molecule has 1 heterocycles. The zero-order valence-corrected chi connectivity index (χ0v) is 23.6. The highest BCUT2D eigenvalue weighted by Crippen LogP contribution is 2.28. The highest BCUT2D eigenvalue weighted by Gasteiger charge is 2.22. The van der Waals surface area contributed by atoms with Crippen LogP contribution in [0.1, 0.15) is 21.5 Å². The maximum absolute atomic E-state index is 12.9. The molecule has 1 aliphatic rings. The fourth-order valence-electron chi connectivity index (χ4n) is 4.64. The summed E-state index contributed by atoms with van der Waals surface area (Å²) in [5.41, 5.74) is 4.70. The van der Waals surface area contributed by atoms with E-state index in [9.17, 15) is 14.7 Å². The van der Waals surface area contributed by atoms with Gasteiger partial charge in [-0.25, -0.2) is 5.43 Å². The van der Waals surface area contributed by atoms with Gasteiger partial charge in [0.2, 0.25) is 0 Å². The summed E-state index contributed by atoms with van der Waals surface area (Å²) in [5, 5.41) is 16.1. The fraction of sp³-hybridized carbons (Fsp3) is 0.194. The minimum atomic E-state index is -0.461. The molecular weight excluding hydrogens is 563 g/mol. The van der Waals surface area contributed by atoms with Crippen LogP contribution in [0.25, 0.3) is 10.8 Å². The summed E-state index contributed by atoms with van der Waals surface area (Å²) >= 11 is 11.9. The highest BCUT2D eigenvalue weighted by molar-refractivity contribution is 6.32. The van der Waals surface area contributed by atoms with Crippen molar-refractivity contribution in [2.45, 2.75) is 6.54 Å². The van der Waals surface area contributed by atoms with E-state index in [0.717, 1.165) is 41.0 Å². The topological polar surface area (TPSA) is 94.5 Å². The number of carbonyl (C=O) groups excluding carboxylic acids is 2. The first-order valence-corrected chi connectivity index (χ1v) is 13.8. The number of hydrogen-bond donors (Lipinski definition) is 2. The van der Waals surface area contributed by atoms with Crippen LogP contribution >= 0.6 is 23.2 Å². The smallest absolute Gasteiger partial charge is 0.271 e. The molecule has 1 fully saturated rings. The maximum atomic E-state index is 12.9. The molecule has 2 N–H and O–H groups in total. The number of nitrogens with one attached hydrogen (secondary N) is 1. The third-order valence-corrected chi connectivity index (χ3v) is 7.45. The van der Waals surface area contributed by atoms with E-state index >= 15 is 0 Å². The largest absolute Gasteiger partial charge is 0.506 e. The lowest BCUT2D eigenvalue weighted by atomic mass is 10.0. The lowest BCUT2D eigenvalue weighted by molar-refractivity contribution is -0.135. The van der Waals surface area contributed by atoms with Crippen molar-refractivity contribution < 1.29 is 19.4 Å². The number of phenolic OH excluding ortho intramolecular Hbond substituents is 1. The third kappa shape index (κ3) is 7.16. The number of amides is 2. The van der Waals surface area contributed by atoms with Crippen molar-refractivity contribution >= 4 is 52.0 Å². The van der Waals surface area contributed by atoms with Gasteiger partial charge >= 0.3 is 0 Å². The van der Waals surface area contributed by atoms with Crippen molar-refractivity contribution in [2.75, 3.05) is 32.8 Å². The molecule has 4 aromatic rings. The SMILES string of the molecule is O=C(N/N=C/c1ccc(OCC(=O)N2CCN(Cc3ccc(Cl)cc3)CC2)c2ccccc12)c1ccc(O)c(Cl)c1. The lowest BCUT2D eigenvalue weighted by Crippen LogP contribution is -2.49. The fourth-order valence-corrected chi connectivity index (χ4v) is 4.95. The molecule has 0 aromatic heterocycles. The molecule has 0 unspecified atom stereocenters. The third-order valence-electron chi connectivity index (χ3n) is 6.89. The summed E-state index contributed by atoms with van der Waals surface area (Å²) in [5.74, 6) is -0.0232. The summed E-state index contributed by atoms with van der Waals surface area (Å²) in [6.07, 6.45) is 1.54. The molecule has 10 heteroatoms. The Hall–Kier alpha value is -4.11. The van der Waals surface area contributed by atoms with E-state index in [2.05, 4.69) is 15.4 Å². The minimum absolute atomic E-state index is 0.0529. The Bertz CT molecular complexity index is 1590. The van der Waals surface area contributed by atoms with Gasteiger partial charge in [-0.2, -0.15) is 5.10 Å². The standard InChI is InChI=1S/C31H28Cl2N4O4/c32-24-9-5-21(6-10-24)19-36-13-15-37(16-14-36)30(39)20-41-29-12-8-23(25-3-1-2-4-26(25)29)18-34-35-31(40)22-7-11-28(38)27(33)17-22/h1-12,17-18,38H,13-16,19-20H2,(H,35,40)/b34-18+. The summed E-state index contributed by atoms with van der Waals surface area (Å²) < 4.78 is 5.98. The van der Waals surface area contributed by atoms with Crippen LogP contribution in [0.5, 0.6) is 11.5 Å². The predicted molar refractivity (Wildman–Crippen MR) is 161 cm³/mol. The normalized spacial score (nSPS) is 14.0. The number of halogens is 2. The Kier molecular flexibility index (Phi) is 9.04. The summed E-state index contributed by atoms with van der Waals surface area (Å²) in [6.45, 7) is 3.65. The molecule has 8 nitrogen and oxygen atoms in total. The van der Waals surface area contributed by atoms with Crippen molar-refractivity contribution in [3.05, 3.63) is 106 Å². The van der Waals surface area contributed by atoms with Crippen LogP contribution in [0.2, 0.25) is 10.0 Å². The van der Waals surface area contributed by atoms with Gasteiger partial charge in [0.25, 0.3) is 11.8 Å². The Morgan fingerprint density at radius 1 is 0.927 bits per heavy atom. The number of benzene rings is 4. The molecule has 41 heavy (non-hydrogen) atoms. The van der Waals surface area contributed by atoms with E-state index in [1.165, 1.54) is 23.8 Å². The maximum Gasteiger partial charge on any atom is 0.271 e. The van der Waals surface area contributed by atoms with Crippen LogP contribution in [0.4, 0.5) is 0 Å². The second-order valence-electron chi connectivity index (χ2n) is 9.64. The Balaban J connectivity index is 1.17. The number of rotatable bonds is 8. The van der Waals surface area contributed by atoms with Gasteiger partial charge in [-0.05, 0) is 53.4 Å². The molecule has 4 aromatic carbocycles. The van der Waals surface area contributed by atoms with Gasteiger partial charge in [0.1, 0.15) is 11.5 Å². The van der Waals surface area contributed by atoms with Gasteiger partial charge in [-0.3, -0.25) is 14.5 Å². The number of fused-ring (bicyclic) bond motifs is 1. The molecule has 0 spiro atoms. The number of piperazine rings is 1. The van der Waals surface area contributed by atoms with Crippen LogP contribution in [0, 0.1) is 0 Å². The molecule has 2 amide bonds. The molecule has 0 atom stereocenters. The predicted octanol–water partition coefficient (Wildman–Crippen LogP) is 5.34. The molecule has 210 valence electrons. The summed E-state index contributed by atoms with van der Waals surface area (Å²) in [6, 6.07) is 23.3. The first-order valence-electron chi connectivity index (χ1n) is 13.1. The van der Waals surface area contributed by atoms with Crippen LogP contribution in [-0.4, -0.2) is 65.7 Å². The average molecular weight is 591 g/mol. The molecule has 0 radical (unpaired) electrons. The molecule has 1 aliphatic heterocycles. The van der Waals surface area contributed by atoms with E-state index < -0.39 is 5.91 Å². The lowest BCUT2D eigenvalue weighted by Gasteiger charge is -2.34. The van der Waals surface area contributed by atoms with Crippen molar-refractivity contribution in [1.82, 2.24) is 15.2 Å². The minimum Gasteiger partial charge on any atom is -0.506 e. The zero-order valence-electron chi connectivity index (χ0n) is 22.1. The molecular formula is C31H28Cl2N4O4. The van der Waals surface area contributed by atoms with Gasteiger partial charge in [-0.1, -0.05) is 59.6 Å². The Morgan fingerprint density at radius 3 is 2.39 bits per heavy atom. The van der Waals surface area contributed by atoms with E-state index in [1.807, 2.05) is 59.5 Å².